The number of halogens is 5. The fraction of sp³-hybridized carbons (Fsp3) is 0.143. The summed E-state index contributed by atoms with van der Waals surface area (Å²) in [6.07, 6.45) is 0. The molecule has 0 fully saturated rings. The largest absolute Gasteiger partial charge is 0.309 e. The third kappa shape index (κ3) is 2.78. The van der Waals surface area contributed by atoms with Gasteiger partial charge in [-0.15, -0.1) is 0 Å². The van der Waals surface area contributed by atoms with Crippen LogP contribution in [0.4, 0.5) is 17.6 Å². The van der Waals surface area contributed by atoms with Crippen LogP contribution in [0.2, 0.25) is 5.02 Å². The van der Waals surface area contributed by atoms with Crippen LogP contribution in [0.15, 0.2) is 30.3 Å². The third-order valence-corrected chi connectivity index (χ3v) is 3.20. The van der Waals surface area contributed by atoms with Crippen molar-refractivity contribution < 1.29 is 17.6 Å². The summed E-state index contributed by atoms with van der Waals surface area (Å²) < 4.78 is 54.3. The third-order valence-electron chi connectivity index (χ3n) is 2.91. The molecule has 0 aliphatic rings. The zero-order valence-electron chi connectivity index (χ0n) is 10.4. The van der Waals surface area contributed by atoms with Gasteiger partial charge >= 0.3 is 0 Å². The Balaban J connectivity index is 2.58. The molecule has 0 saturated carbocycles. The number of rotatable bonds is 3. The molecule has 0 saturated heterocycles. The van der Waals surface area contributed by atoms with Crippen molar-refractivity contribution in [3.63, 3.8) is 0 Å². The number of hydrogen-bond acceptors (Lipinski definition) is 1. The van der Waals surface area contributed by atoms with E-state index in [0.29, 0.717) is 0 Å². The standard InChI is InChI=1S/C14H10ClF4N/c1-20-14(8-4-7(16)2-3-11(8)17)9-5-13(19)10(15)6-12(9)18/h2-6,14,20H,1H3. The van der Waals surface area contributed by atoms with Gasteiger partial charge in [0.15, 0.2) is 0 Å². The van der Waals surface area contributed by atoms with E-state index >= 15 is 0 Å². The maximum Gasteiger partial charge on any atom is 0.142 e. The summed E-state index contributed by atoms with van der Waals surface area (Å²) in [5.41, 5.74) is -0.271. The van der Waals surface area contributed by atoms with E-state index in [1.54, 1.807) is 0 Å². The fourth-order valence-corrected chi connectivity index (χ4v) is 2.12. The first-order valence-corrected chi connectivity index (χ1v) is 6.08. The van der Waals surface area contributed by atoms with Crippen LogP contribution in [0.1, 0.15) is 17.2 Å². The maximum atomic E-state index is 13.9. The topological polar surface area (TPSA) is 12.0 Å². The van der Waals surface area contributed by atoms with Crippen LogP contribution < -0.4 is 5.32 Å². The minimum atomic E-state index is -1.03. The molecule has 0 radical (unpaired) electrons. The molecule has 0 spiro atoms. The summed E-state index contributed by atoms with van der Waals surface area (Å²) in [4.78, 5) is 0. The van der Waals surface area contributed by atoms with E-state index in [2.05, 4.69) is 5.32 Å². The first-order valence-electron chi connectivity index (χ1n) is 5.70. The molecule has 0 aliphatic carbocycles. The van der Waals surface area contributed by atoms with E-state index in [-0.39, 0.29) is 16.1 Å². The lowest BCUT2D eigenvalue weighted by molar-refractivity contribution is 0.530. The zero-order chi connectivity index (χ0) is 14.9. The lowest BCUT2D eigenvalue weighted by atomic mass is 9.97. The number of benzene rings is 2. The molecule has 1 atom stereocenters. The molecule has 0 heterocycles. The van der Waals surface area contributed by atoms with Crippen LogP contribution in [0.5, 0.6) is 0 Å². The molecule has 0 amide bonds. The molecule has 20 heavy (non-hydrogen) atoms. The monoisotopic (exact) mass is 303 g/mol. The second-order valence-corrected chi connectivity index (χ2v) is 4.58. The fourth-order valence-electron chi connectivity index (χ4n) is 1.97. The summed E-state index contributed by atoms with van der Waals surface area (Å²) in [7, 11) is 1.43. The van der Waals surface area contributed by atoms with Crippen molar-refractivity contribution in [1.29, 1.82) is 0 Å². The highest BCUT2D eigenvalue weighted by atomic mass is 35.5. The summed E-state index contributed by atoms with van der Waals surface area (Å²) in [5.74, 6) is -3.03. The second kappa shape index (κ2) is 5.81. The molecule has 106 valence electrons. The molecule has 6 heteroatoms. The van der Waals surface area contributed by atoms with Gasteiger partial charge in [0.05, 0.1) is 11.1 Å². The Labute approximate surface area is 118 Å². The number of nitrogens with one attached hydrogen (secondary N) is 1. The predicted octanol–water partition coefficient (Wildman–Crippen LogP) is 4.21. The van der Waals surface area contributed by atoms with E-state index in [0.717, 1.165) is 30.3 Å². The van der Waals surface area contributed by atoms with Gasteiger partial charge in [-0.3, -0.25) is 0 Å². The molecule has 1 N–H and O–H groups in total. The minimum absolute atomic E-state index is 0.117. The summed E-state index contributed by atoms with van der Waals surface area (Å²) in [5, 5.41) is 2.26. The van der Waals surface area contributed by atoms with Gasteiger partial charge in [-0.2, -0.15) is 0 Å². The van der Waals surface area contributed by atoms with Gasteiger partial charge in [0.2, 0.25) is 0 Å². The van der Waals surface area contributed by atoms with Crippen LogP contribution in [-0.2, 0) is 0 Å². The summed E-state index contributed by atoms with van der Waals surface area (Å²) in [6, 6.07) is 3.45. The second-order valence-electron chi connectivity index (χ2n) is 4.18. The van der Waals surface area contributed by atoms with Gasteiger partial charge in [-0.1, -0.05) is 11.6 Å². The van der Waals surface area contributed by atoms with Crippen LogP contribution in [0.25, 0.3) is 0 Å². The van der Waals surface area contributed by atoms with Gasteiger partial charge in [0.1, 0.15) is 23.3 Å². The SMILES string of the molecule is CNC(c1cc(F)ccc1F)c1cc(F)c(Cl)cc1F. The van der Waals surface area contributed by atoms with E-state index in [9.17, 15) is 17.6 Å². The molecule has 2 aromatic carbocycles. The Kier molecular flexibility index (Phi) is 4.30. The van der Waals surface area contributed by atoms with Crippen molar-refractivity contribution >= 4 is 11.6 Å². The van der Waals surface area contributed by atoms with Crippen LogP contribution in [-0.4, -0.2) is 7.05 Å². The molecular weight excluding hydrogens is 294 g/mol. The Bertz CT molecular complexity index is 645. The molecule has 0 aliphatic heterocycles. The summed E-state index contributed by atoms with van der Waals surface area (Å²) >= 11 is 5.47. The van der Waals surface area contributed by atoms with Crippen molar-refractivity contribution in [3.05, 3.63) is 69.8 Å². The molecule has 1 nitrogen and oxygen atoms in total. The van der Waals surface area contributed by atoms with Crippen molar-refractivity contribution in [2.45, 2.75) is 6.04 Å². The smallest absolute Gasteiger partial charge is 0.142 e. The number of hydrogen-bond donors (Lipinski definition) is 1. The molecule has 0 bridgehead atoms. The van der Waals surface area contributed by atoms with Gasteiger partial charge in [0, 0.05) is 11.1 Å². The normalized spacial score (nSPS) is 12.5. The van der Waals surface area contributed by atoms with Crippen LogP contribution in [0.3, 0.4) is 0 Å². The Hall–Kier alpha value is -1.59. The van der Waals surface area contributed by atoms with Gasteiger partial charge in [0.25, 0.3) is 0 Å². The van der Waals surface area contributed by atoms with Crippen molar-refractivity contribution in [2.75, 3.05) is 7.05 Å². The maximum absolute atomic E-state index is 13.9. The Morgan fingerprint density at radius 2 is 1.55 bits per heavy atom. The average molecular weight is 304 g/mol. The van der Waals surface area contributed by atoms with Crippen molar-refractivity contribution in [1.82, 2.24) is 5.32 Å². The Morgan fingerprint density at radius 1 is 0.900 bits per heavy atom. The predicted molar refractivity (Wildman–Crippen MR) is 68.6 cm³/mol. The molecular formula is C14H10ClF4N. The lowest BCUT2D eigenvalue weighted by Crippen LogP contribution is -2.20. The van der Waals surface area contributed by atoms with Gasteiger partial charge in [-0.05, 0) is 37.4 Å². The lowest BCUT2D eigenvalue weighted by Gasteiger charge is -2.19. The first kappa shape index (κ1) is 14.8. The molecule has 0 aromatic heterocycles. The minimum Gasteiger partial charge on any atom is -0.309 e. The van der Waals surface area contributed by atoms with E-state index in [1.807, 2.05) is 0 Å². The van der Waals surface area contributed by atoms with Crippen LogP contribution >= 0.6 is 11.6 Å². The van der Waals surface area contributed by atoms with Crippen molar-refractivity contribution in [3.8, 4) is 0 Å². The van der Waals surface area contributed by atoms with Crippen LogP contribution in [0, 0.1) is 23.3 Å². The Morgan fingerprint density at radius 3 is 2.20 bits per heavy atom. The summed E-state index contributed by atoms with van der Waals surface area (Å²) in [6.45, 7) is 0. The van der Waals surface area contributed by atoms with Gasteiger partial charge in [-0.25, -0.2) is 17.6 Å². The zero-order valence-corrected chi connectivity index (χ0v) is 11.1. The highest BCUT2D eigenvalue weighted by Gasteiger charge is 2.22. The highest BCUT2D eigenvalue weighted by Crippen LogP contribution is 2.29. The van der Waals surface area contributed by atoms with Gasteiger partial charge < -0.3 is 5.32 Å². The first-order chi connectivity index (χ1) is 9.43. The quantitative estimate of drug-likeness (QED) is 0.662. The van der Waals surface area contributed by atoms with E-state index in [1.165, 1.54) is 7.05 Å². The van der Waals surface area contributed by atoms with E-state index < -0.39 is 29.3 Å². The highest BCUT2D eigenvalue weighted by molar-refractivity contribution is 6.30. The molecule has 2 aromatic rings. The van der Waals surface area contributed by atoms with E-state index in [4.69, 9.17) is 11.6 Å². The molecule has 2 rings (SSSR count). The van der Waals surface area contributed by atoms with Crippen molar-refractivity contribution in [2.24, 2.45) is 0 Å². The molecule has 1 unspecified atom stereocenters. The average Bonchev–Trinajstić information content (AvgIpc) is 2.40.